The molecule has 3 atom stereocenters. The van der Waals surface area contributed by atoms with E-state index in [0.717, 1.165) is 41.8 Å². The average Bonchev–Trinajstić information content (AvgIpc) is 3.59. The number of thiazole rings is 1. The van der Waals surface area contributed by atoms with Gasteiger partial charge in [-0.15, -0.1) is 23.1 Å². The molecule has 10 N–H and O–H groups in total. The van der Waals surface area contributed by atoms with Gasteiger partial charge in [0, 0.05) is 36.1 Å². The number of quaternary nitrogens is 1. The van der Waals surface area contributed by atoms with E-state index in [9.17, 15) is 24.3 Å². The lowest BCUT2D eigenvalue weighted by Gasteiger charge is -2.51. The topological polar surface area (TPSA) is 278 Å². The van der Waals surface area contributed by atoms with E-state index in [0.29, 0.717) is 37.3 Å². The van der Waals surface area contributed by atoms with E-state index in [1.165, 1.54) is 23.8 Å². The molecule has 0 saturated carbocycles. The first-order chi connectivity index (χ1) is 20.8. The molecule has 0 aliphatic carbocycles. The lowest BCUT2D eigenvalue weighted by Crippen LogP contribution is -2.71. The van der Waals surface area contributed by atoms with Crippen LogP contribution in [0.1, 0.15) is 31.4 Å². The average molecular weight is 655 g/mol. The Morgan fingerprint density at radius 3 is 2.55 bits per heavy atom. The number of aliphatic imine (C=N–C) groups is 1. The standard InChI is InChI=1S/C19H24N6O5S2.C6H14N4O2/c1-25(5-3-4-6-25)7-10-8-31-17-13(16(27)24(17)14(10)18(28)29)22-15(26)12(23-30-2)11-9-32-19(20)21-11;7-4(5(11)12)2-1-3-10-6(8)9/h9,13,17H,3-8H2,1-2H3,(H3-,20,21,22,26,28,29);4H,1-3,7H2,(H,11,12)(H4,8,9,10)/b23-12+;/t13-,17-;4-/m10/s1. The van der Waals surface area contributed by atoms with Crippen molar-refractivity contribution >= 4 is 63.7 Å². The number of rotatable bonds is 12. The Labute approximate surface area is 261 Å². The van der Waals surface area contributed by atoms with Crippen LogP contribution in [-0.2, 0) is 24.0 Å². The molecule has 17 nitrogen and oxygen atoms in total. The number of carbonyl (C=O) groups excluding carboxylic acids is 3. The Bertz CT molecular complexity index is 1340. The molecule has 2 amide bonds. The number of guanidine groups is 1. The number of β-lactam (4-membered cyclic amide) rings is 1. The summed E-state index contributed by atoms with van der Waals surface area (Å²) >= 11 is 2.57. The fraction of sp³-hybridized carbons (Fsp3) is 0.560. The second-order valence-electron chi connectivity index (χ2n) is 10.6. The van der Waals surface area contributed by atoms with Crippen LogP contribution in [-0.4, -0.2) is 118 Å². The van der Waals surface area contributed by atoms with Gasteiger partial charge in [-0.1, -0.05) is 5.16 Å². The Balaban J connectivity index is 0.000000375. The van der Waals surface area contributed by atoms with Crippen molar-refractivity contribution in [2.75, 3.05) is 51.8 Å². The number of likely N-dealkylation sites (N-methyl/N-ethyl adjacent to an activating group) is 1. The maximum Gasteiger partial charge on any atom is 0.320 e. The van der Waals surface area contributed by atoms with E-state index < -0.39 is 41.2 Å². The lowest BCUT2D eigenvalue weighted by atomic mass is 10.0. The van der Waals surface area contributed by atoms with Crippen LogP contribution in [0.3, 0.4) is 0 Å². The van der Waals surface area contributed by atoms with Crippen molar-refractivity contribution in [1.82, 2.24) is 15.2 Å². The minimum atomic E-state index is -1.37. The van der Waals surface area contributed by atoms with Gasteiger partial charge in [-0.25, -0.2) is 4.98 Å². The van der Waals surface area contributed by atoms with Crippen LogP contribution < -0.4 is 33.4 Å². The summed E-state index contributed by atoms with van der Waals surface area (Å²) in [5, 5.41) is 28.0. The first-order valence-electron chi connectivity index (χ1n) is 13.7. The minimum Gasteiger partial charge on any atom is -0.543 e. The third-order valence-corrected chi connectivity index (χ3v) is 9.21. The predicted octanol–water partition coefficient (Wildman–Crippen LogP) is -2.83. The Morgan fingerprint density at radius 1 is 1.32 bits per heavy atom. The third kappa shape index (κ3) is 8.58. The summed E-state index contributed by atoms with van der Waals surface area (Å²) < 4.78 is 0.757. The highest BCUT2D eigenvalue weighted by molar-refractivity contribution is 8.00. The van der Waals surface area contributed by atoms with Gasteiger partial charge in [-0.2, -0.15) is 0 Å². The molecule has 1 aromatic heterocycles. The van der Waals surface area contributed by atoms with E-state index in [1.54, 1.807) is 5.38 Å². The molecular formula is C25H38N10O7S2. The summed E-state index contributed by atoms with van der Waals surface area (Å²) in [4.78, 5) is 61.6. The number of aliphatic carboxylic acids is 2. The summed E-state index contributed by atoms with van der Waals surface area (Å²) in [5.74, 6) is -3.05. The summed E-state index contributed by atoms with van der Waals surface area (Å²) in [5.41, 5.74) is 21.7. The number of nitrogens with one attached hydrogen (secondary N) is 1. The molecular weight excluding hydrogens is 616 g/mol. The van der Waals surface area contributed by atoms with E-state index in [-0.39, 0.29) is 28.2 Å². The number of anilines is 1. The molecule has 3 aliphatic rings. The molecule has 0 radical (unpaired) electrons. The first-order valence-corrected chi connectivity index (χ1v) is 15.6. The number of carbonyl (C=O) groups is 4. The molecule has 2 fully saturated rings. The van der Waals surface area contributed by atoms with Crippen molar-refractivity contribution in [2.24, 2.45) is 27.3 Å². The normalized spacial score (nSPS) is 21.3. The van der Waals surface area contributed by atoms with Gasteiger partial charge in [0.15, 0.2) is 16.8 Å². The van der Waals surface area contributed by atoms with Gasteiger partial charge < -0.3 is 52.6 Å². The maximum absolute atomic E-state index is 12.9. The number of likely N-dealkylation sites (tertiary alicyclic amines) is 1. The maximum atomic E-state index is 12.9. The van der Waals surface area contributed by atoms with Gasteiger partial charge in [0.25, 0.3) is 11.8 Å². The van der Waals surface area contributed by atoms with E-state index in [1.807, 2.05) is 0 Å². The lowest BCUT2D eigenvalue weighted by molar-refractivity contribution is -0.893. The monoisotopic (exact) mass is 654 g/mol. The predicted molar refractivity (Wildman–Crippen MR) is 163 cm³/mol. The van der Waals surface area contributed by atoms with Crippen molar-refractivity contribution in [3.63, 3.8) is 0 Å². The smallest absolute Gasteiger partial charge is 0.320 e. The van der Waals surface area contributed by atoms with Crippen molar-refractivity contribution in [1.29, 1.82) is 0 Å². The summed E-state index contributed by atoms with van der Waals surface area (Å²) in [6, 6.07) is -1.71. The summed E-state index contributed by atoms with van der Waals surface area (Å²) in [7, 11) is 3.39. The fourth-order valence-corrected chi connectivity index (χ4v) is 6.94. The highest BCUT2D eigenvalue weighted by atomic mass is 32.2. The van der Waals surface area contributed by atoms with Crippen LogP contribution in [0.4, 0.5) is 5.13 Å². The second-order valence-corrected chi connectivity index (χ2v) is 12.6. The van der Waals surface area contributed by atoms with Gasteiger partial charge in [0.1, 0.15) is 36.8 Å². The third-order valence-electron chi connectivity index (χ3n) is 7.19. The SMILES string of the molecule is CO/N=C(/C(=O)N[C@@H]1C(=O)N2C(C(=O)[O-])=C(C[N+]3(C)CCCC3)CS[C@H]12)c1csc(N)n1.NC(N)=NCCC[C@H](N)C(=O)O. The zero-order valence-electron chi connectivity index (χ0n) is 24.4. The molecule has 2 saturated heterocycles. The molecule has 0 bridgehead atoms. The zero-order valence-corrected chi connectivity index (χ0v) is 26.1. The van der Waals surface area contributed by atoms with Gasteiger partial charge >= 0.3 is 5.97 Å². The molecule has 4 rings (SSSR count). The first kappa shape index (κ1) is 34.5. The number of amides is 2. The number of aromatic nitrogens is 1. The largest absolute Gasteiger partial charge is 0.543 e. The Hall–Kier alpha value is -3.94. The molecule has 4 heterocycles. The van der Waals surface area contributed by atoms with Gasteiger partial charge in [-0.3, -0.25) is 24.3 Å². The Kier molecular flexibility index (Phi) is 11.9. The van der Waals surface area contributed by atoms with E-state index in [2.05, 4.69) is 27.5 Å². The van der Waals surface area contributed by atoms with Crippen LogP contribution in [0.5, 0.6) is 0 Å². The number of nitrogens with two attached hydrogens (primary N) is 4. The van der Waals surface area contributed by atoms with Crippen LogP contribution in [0.25, 0.3) is 0 Å². The molecule has 0 aromatic carbocycles. The number of hydrogen-bond acceptors (Lipinski definition) is 13. The number of thioether (sulfide) groups is 1. The molecule has 0 spiro atoms. The molecule has 242 valence electrons. The van der Waals surface area contributed by atoms with Crippen molar-refractivity contribution in [3.8, 4) is 0 Å². The fourth-order valence-electron chi connectivity index (χ4n) is 5.06. The van der Waals surface area contributed by atoms with Gasteiger partial charge in [0.05, 0.1) is 31.8 Å². The molecule has 0 unspecified atom stereocenters. The second kappa shape index (κ2) is 15.2. The number of carboxylic acids is 2. The van der Waals surface area contributed by atoms with E-state index >= 15 is 0 Å². The minimum absolute atomic E-state index is 0.0129. The number of nitrogens with zero attached hydrogens (tertiary/aromatic N) is 5. The molecule has 44 heavy (non-hydrogen) atoms. The van der Waals surface area contributed by atoms with E-state index in [4.69, 9.17) is 32.9 Å². The van der Waals surface area contributed by atoms with Crippen molar-refractivity contribution < 1.29 is 38.7 Å². The van der Waals surface area contributed by atoms with Crippen LogP contribution in [0.15, 0.2) is 26.8 Å². The number of oxime groups is 1. The number of carboxylic acid groups (broad SMARTS) is 2. The summed E-state index contributed by atoms with van der Waals surface area (Å²) in [6.45, 7) is 2.95. The number of hydrogen-bond donors (Lipinski definition) is 6. The number of nitrogen functional groups attached to an aromatic ring is 1. The molecule has 3 aliphatic heterocycles. The van der Waals surface area contributed by atoms with Gasteiger partial charge in [-0.05, 0) is 12.8 Å². The highest BCUT2D eigenvalue weighted by Crippen LogP contribution is 2.41. The van der Waals surface area contributed by atoms with Gasteiger partial charge in [0.2, 0.25) is 0 Å². The Morgan fingerprint density at radius 2 is 2.00 bits per heavy atom. The summed E-state index contributed by atoms with van der Waals surface area (Å²) in [6.07, 6.45) is 3.16. The van der Waals surface area contributed by atoms with Crippen LogP contribution >= 0.6 is 23.1 Å². The zero-order chi connectivity index (χ0) is 32.6. The molecule has 19 heteroatoms. The van der Waals surface area contributed by atoms with Crippen LogP contribution in [0.2, 0.25) is 0 Å². The van der Waals surface area contributed by atoms with Crippen LogP contribution in [0, 0.1) is 0 Å². The highest BCUT2D eigenvalue weighted by Gasteiger charge is 2.53. The van der Waals surface area contributed by atoms with Crippen molar-refractivity contribution in [3.05, 3.63) is 22.3 Å². The quantitative estimate of drug-likeness (QED) is 0.0331. The number of fused-ring (bicyclic) bond motifs is 1. The van der Waals surface area contributed by atoms with Crippen molar-refractivity contribution in [2.45, 2.75) is 43.1 Å². The molecule has 1 aromatic rings.